The topological polar surface area (TPSA) is 47.0 Å². The maximum absolute atomic E-state index is 12.2. The monoisotopic (exact) mass is 243 g/mol. The highest BCUT2D eigenvalue weighted by molar-refractivity contribution is 7.12. The summed E-state index contributed by atoms with van der Waals surface area (Å²) < 4.78 is 0. The van der Waals surface area contributed by atoms with E-state index in [1.807, 2.05) is 6.92 Å². The van der Waals surface area contributed by atoms with Crippen LogP contribution in [0.15, 0.2) is 30.5 Å². The summed E-state index contributed by atoms with van der Waals surface area (Å²) in [7, 11) is 0. The number of carbonyl (C=O) groups excluding carboxylic acids is 2. The summed E-state index contributed by atoms with van der Waals surface area (Å²) in [6.07, 6.45) is 1.63. The molecule has 3 nitrogen and oxygen atoms in total. The van der Waals surface area contributed by atoms with E-state index < -0.39 is 5.92 Å². The minimum atomic E-state index is -0.668. The van der Waals surface area contributed by atoms with Crippen molar-refractivity contribution in [3.05, 3.63) is 51.5 Å². The van der Waals surface area contributed by atoms with Crippen LogP contribution in [0.5, 0.6) is 0 Å². The molecule has 4 heteroatoms. The molecule has 1 aliphatic carbocycles. The number of aryl methyl sites for hydroxylation is 1. The van der Waals surface area contributed by atoms with Gasteiger partial charge in [-0.15, -0.1) is 11.3 Å². The zero-order chi connectivity index (χ0) is 12.0. The second-order valence-corrected chi connectivity index (χ2v) is 5.26. The van der Waals surface area contributed by atoms with Crippen LogP contribution in [-0.4, -0.2) is 16.6 Å². The highest BCUT2D eigenvalue weighted by Crippen LogP contribution is 2.35. The Bertz CT molecular complexity index is 595. The molecule has 0 aliphatic heterocycles. The maximum Gasteiger partial charge on any atom is 0.179 e. The molecule has 0 amide bonds. The molecule has 0 N–H and O–H groups in total. The summed E-state index contributed by atoms with van der Waals surface area (Å²) in [6.45, 7) is 1.87. The molecular formula is C13H9NO2S. The van der Waals surface area contributed by atoms with Gasteiger partial charge in [0, 0.05) is 22.2 Å². The molecular weight excluding hydrogens is 234 g/mol. The van der Waals surface area contributed by atoms with E-state index in [-0.39, 0.29) is 11.6 Å². The summed E-state index contributed by atoms with van der Waals surface area (Å²) in [5, 5.41) is 0.872. The van der Waals surface area contributed by atoms with E-state index in [4.69, 9.17) is 0 Å². The van der Waals surface area contributed by atoms with Gasteiger partial charge in [-0.3, -0.25) is 9.59 Å². The Morgan fingerprint density at radius 2 is 1.71 bits per heavy atom. The Morgan fingerprint density at radius 1 is 1.12 bits per heavy atom. The fraction of sp³-hybridized carbons (Fsp3) is 0.154. The lowest BCUT2D eigenvalue weighted by molar-refractivity contribution is 0.0892. The van der Waals surface area contributed by atoms with Gasteiger partial charge in [0.1, 0.15) is 5.92 Å². The van der Waals surface area contributed by atoms with Gasteiger partial charge in [-0.2, -0.15) is 0 Å². The van der Waals surface area contributed by atoms with E-state index in [9.17, 15) is 9.59 Å². The van der Waals surface area contributed by atoms with E-state index in [0.717, 1.165) is 9.88 Å². The molecule has 84 valence electrons. The predicted octanol–water partition coefficient (Wildman–Crippen LogP) is 2.61. The molecule has 0 radical (unpaired) electrons. The number of thiazole rings is 1. The Kier molecular flexibility index (Phi) is 2.19. The van der Waals surface area contributed by atoms with Crippen molar-refractivity contribution in [2.75, 3.05) is 0 Å². The van der Waals surface area contributed by atoms with Gasteiger partial charge in [-0.05, 0) is 6.92 Å². The van der Waals surface area contributed by atoms with Crippen LogP contribution in [0.1, 0.15) is 36.5 Å². The average molecular weight is 243 g/mol. The van der Waals surface area contributed by atoms with Gasteiger partial charge in [0.2, 0.25) is 0 Å². The number of ketones is 2. The second-order valence-electron chi connectivity index (χ2n) is 3.99. The molecule has 3 rings (SSSR count). The van der Waals surface area contributed by atoms with Crippen molar-refractivity contribution in [3.63, 3.8) is 0 Å². The lowest BCUT2D eigenvalue weighted by Crippen LogP contribution is -2.11. The van der Waals surface area contributed by atoms with Gasteiger partial charge in [-0.25, -0.2) is 4.98 Å². The number of nitrogens with zero attached hydrogens (tertiary/aromatic N) is 1. The van der Waals surface area contributed by atoms with Crippen LogP contribution < -0.4 is 0 Å². The minimum absolute atomic E-state index is 0.103. The van der Waals surface area contributed by atoms with Crippen molar-refractivity contribution in [2.24, 2.45) is 0 Å². The number of hydrogen-bond acceptors (Lipinski definition) is 4. The Morgan fingerprint density at radius 3 is 2.18 bits per heavy atom. The van der Waals surface area contributed by atoms with E-state index in [1.54, 1.807) is 30.5 Å². The first kappa shape index (κ1) is 10.4. The van der Waals surface area contributed by atoms with Gasteiger partial charge in [0.25, 0.3) is 0 Å². The fourth-order valence-corrected chi connectivity index (χ4v) is 3.00. The van der Waals surface area contributed by atoms with Crippen LogP contribution >= 0.6 is 11.3 Å². The third-order valence-corrected chi connectivity index (χ3v) is 3.88. The first-order valence-corrected chi connectivity index (χ1v) is 6.10. The van der Waals surface area contributed by atoms with Crippen LogP contribution in [0, 0.1) is 6.92 Å². The van der Waals surface area contributed by atoms with Gasteiger partial charge in [-0.1, -0.05) is 24.3 Å². The first-order chi connectivity index (χ1) is 8.18. The Balaban J connectivity index is 2.12. The Labute approximate surface area is 102 Å². The van der Waals surface area contributed by atoms with Gasteiger partial charge < -0.3 is 0 Å². The third kappa shape index (κ3) is 1.45. The molecule has 0 fully saturated rings. The Hall–Kier alpha value is -1.81. The molecule has 1 aliphatic rings. The quantitative estimate of drug-likeness (QED) is 0.723. The van der Waals surface area contributed by atoms with Crippen molar-refractivity contribution >= 4 is 22.9 Å². The van der Waals surface area contributed by atoms with Gasteiger partial charge >= 0.3 is 0 Å². The number of aromatic nitrogens is 1. The molecule has 0 bridgehead atoms. The number of fused-ring (bicyclic) bond motifs is 1. The van der Waals surface area contributed by atoms with E-state index in [1.165, 1.54) is 11.3 Å². The average Bonchev–Trinajstić information content (AvgIpc) is 2.84. The van der Waals surface area contributed by atoms with E-state index in [2.05, 4.69) is 4.98 Å². The third-order valence-electron chi connectivity index (χ3n) is 2.91. The zero-order valence-corrected chi connectivity index (χ0v) is 9.95. The number of carbonyl (C=O) groups is 2. The SMILES string of the molecule is Cc1ncc(C2C(=O)c3ccccc3C2=O)s1. The molecule has 17 heavy (non-hydrogen) atoms. The molecule has 0 atom stereocenters. The van der Waals surface area contributed by atoms with Crippen LogP contribution in [0.4, 0.5) is 0 Å². The maximum atomic E-state index is 12.2. The van der Waals surface area contributed by atoms with Crippen molar-refractivity contribution < 1.29 is 9.59 Å². The summed E-state index contributed by atoms with van der Waals surface area (Å²) in [6, 6.07) is 6.99. The smallest absolute Gasteiger partial charge is 0.179 e. The molecule has 1 aromatic heterocycles. The largest absolute Gasteiger partial charge is 0.293 e. The van der Waals surface area contributed by atoms with Gasteiger partial charge in [0.15, 0.2) is 11.6 Å². The molecule has 1 heterocycles. The minimum Gasteiger partial charge on any atom is -0.293 e. The molecule has 1 aromatic carbocycles. The summed E-state index contributed by atoms with van der Waals surface area (Å²) in [5.74, 6) is -0.873. The predicted molar refractivity (Wildman–Crippen MR) is 64.7 cm³/mol. The molecule has 0 saturated heterocycles. The first-order valence-electron chi connectivity index (χ1n) is 5.28. The van der Waals surface area contributed by atoms with Crippen LogP contribution in [-0.2, 0) is 0 Å². The van der Waals surface area contributed by atoms with Crippen LogP contribution in [0.2, 0.25) is 0 Å². The standard InChI is InChI=1S/C13H9NO2S/c1-7-14-6-10(17-7)11-12(15)8-4-2-3-5-9(8)13(11)16/h2-6,11H,1H3. The summed E-state index contributed by atoms with van der Waals surface area (Å²) >= 11 is 1.41. The van der Waals surface area contributed by atoms with Crippen molar-refractivity contribution in [1.29, 1.82) is 0 Å². The number of hydrogen-bond donors (Lipinski definition) is 0. The lowest BCUT2D eigenvalue weighted by atomic mass is 10.0. The van der Waals surface area contributed by atoms with E-state index >= 15 is 0 Å². The van der Waals surface area contributed by atoms with Crippen molar-refractivity contribution in [1.82, 2.24) is 4.98 Å². The van der Waals surface area contributed by atoms with Crippen molar-refractivity contribution in [3.8, 4) is 0 Å². The summed E-state index contributed by atoms with van der Waals surface area (Å²) in [4.78, 5) is 29.2. The van der Waals surface area contributed by atoms with Gasteiger partial charge in [0.05, 0.1) is 5.01 Å². The normalized spacial score (nSPS) is 15.4. The lowest BCUT2D eigenvalue weighted by Gasteiger charge is -2.01. The van der Waals surface area contributed by atoms with Crippen molar-refractivity contribution in [2.45, 2.75) is 12.8 Å². The zero-order valence-electron chi connectivity index (χ0n) is 9.14. The van der Waals surface area contributed by atoms with E-state index in [0.29, 0.717) is 11.1 Å². The molecule has 0 spiro atoms. The highest BCUT2D eigenvalue weighted by Gasteiger charge is 2.40. The number of Topliss-reactive ketones (excluding diaryl/α,β-unsaturated/α-hetero) is 2. The van der Waals surface area contributed by atoms with Crippen LogP contribution in [0.25, 0.3) is 0 Å². The molecule has 0 unspecified atom stereocenters. The number of benzene rings is 1. The summed E-state index contributed by atoms with van der Waals surface area (Å²) in [5.41, 5.74) is 1.07. The number of rotatable bonds is 1. The fourth-order valence-electron chi connectivity index (χ4n) is 2.11. The molecule has 0 saturated carbocycles. The second kappa shape index (κ2) is 3.60. The molecule has 2 aromatic rings. The van der Waals surface area contributed by atoms with Crippen LogP contribution in [0.3, 0.4) is 0 Å². The highest BCUT2D eigenvalue weighted by atomic mass is 32.1.